The molecule has 4 rings (SSSR count). The van der Waals surface area contributed by atoms with E-state index in [1.165, 1.54) is 14.8 Å². The summed E-state index contributed by atoms with van der Waals surface area (Å²) in [5.74, 6) is -0.0950. The molecule has 1 heterocycles. The van der Waals surface area contributed by atoms with Crippen molar-refractivity contribution in [1.29, 1.82) is 0 Å². The van der Waals surface area contributed by atoms with E-state index < -0.39 is 12.6 Å². The first-order valence-corrected chi connectivity index (χ1v) is 15.1. The summed E-state index contributed by atoms with van der Waals surface area (Å²) < 4.78 is 13.7. The summed E-state index contributed by atoms with van der Waals surface area (Å²) in [4.78, 5) is 12.9. The molecule has 2 atom stereocenters. The zero-order chi connectivity index (χ0) is 23.5. The van der Waals surface area contributed by atoms with Crippen molar-refractivity contribution in [2.24, 2.45) is 0 Å². The van der Waals surface area contributed by atoms with Crippen LogP contribution < -0.4 is 14.8 Å². The van der Waals surface area contributed by atoms with Gasteiger partial charge in [-0.25, -0.2) is 0 Å². The van der Waals surface area contributed by atoms with Crippen LogP contribution in [0.5, 0.6) is 0 Å². The Balaban J connectivity index is 1.61. The van der Waals surface area contributed by atoms with E-state index in [0.717, 1.165) is 0 Å². The quantitative estimate of drug-likeness (QED) is 0.346. The van der Waals surface area contributed by atoms with Crippen molar-refractivity contribution in [2.75, 3.05) is 6.61 Å². The fraction of sp³-hybridized carbons (Fsp3) is 0.321. The minimum atomic E-state index is -2.65. The molecule has 0 saturated carbocycles. The normalized spacial score (nSPS) is 21.1. The van der Waals surface area contributed by atoms with E-state index in [4.69, 9.17) is 9.16 Å². The summed E-state index contributed by atoms with van der Waals surface area (Å²) in [6.45, 7) is 9.26. The van der Waals surface area contributed by atoms with Gasteiger partial charge in [0.1, 0.15) is 0 Å². The van der Waals surface area contributed by atoms with E-state index in [0.29, 0.717) is 13.0 Å². The van der Waals surface area contributed by atoms with Gasteiger partial charge in [-0.05, 0) is 0 Å². The number of ether oxygens (including phenoxy) is 1. The molecule has 1 fully saturated rings. The van der Waals surface area contributed by atoms with Crippen LogP contribution in [0.3, 0.4) is 0 Å². The van der Waals surface area contributed by atoms with E-state index in [9.17, 15) is 4.79 Å². The van der Waals surface area contributed by atoms with Crippen LogP contribution in [0.4, 0.5) is 0 Å². The number of rotatable bonds is 7. The molecule has 3 aromatic carbocycles. The average molecular weight is 524 g/mol. The van der Waals surface area contributed by atoms with Gasteiger partial charge in [-0.3, -0.25) is 0 Å². The summed E-state index contributed by atoms with van der Waals surface area (Å²) in [7, 11) is -2.65. The number of cyclic esters (lactones) is 1. The third-order valence-electron chi connectivity index (χ3n) is 6.31. The van der Waals surface area contributed by atoms with Crippen LogP contribution >= 0.6 is 0 Å². The number of hydrogen-bond acceptors (Lipinski definition) is 3. The first kappa shape index (κ1) is 24.0. The van der Waals surface area contributed by atoms with Gasteiger partial charge in [0.2, 0.25) is 0 Å². The van der Waals surface area contributed by atoms with Crippen LogP contribution in [0.2, 0.25) is 9.35 Å². The van der Waals surface area contributed by atoms with E-state index in [2.05, 4.69) is 81.4 Å². The number of carbonyl (C=O) groups is 1. The Hall–Kier alpha value is -2.17. The van der Waals surface area contributed by atoms with E-state index in [-0.39, 0.29) is 32.1 Å². The Morgan fingerprint density at radius 1 is 0.909 bits per heavy atom. The van der Waals surface area contributed by atoms with E-state index >= 15 is 0 Å². The Bertz CT molecular complexity index is 1030. The molecule has 1 aliphatic rings. The molecule has 1 aliphatic heterocycles. The fourth-order valence-corrected chi connectivity index (χ4v) is 11.9. The molecule has 3 aromatic rings. The first-order valence-electron chi connectivity index (χ1n) is 11.4. The SMILES string of the molecule is CC(C)(C)[Si](OC[C@@H]1C[C@@](C)([Se]c2ccccc2)C(=O)O1)(c1ccccc1)c1ccccc1. The number of benzene rings is 3. The van der Waals surface area contributed by atoms with Crippen molar-refractivity contribution in [3.05, 3.63) is 91.0 Å². The summed E-state index contributed by atoms with van der Waals surface area (Å²) in [5.41, 5.74) is 0. The summed E-state index contributed by atoms with van der Waals surface area (Å²) >= 11 is 0.0114. The van der Waals surface area contributed by atoms with Crippen LogP contribution in [0.25, 0.3) is 0 Å². The molecule has 0 N–H and O–H groups in total. The predicted octanol–water partition coefficient (Wildman–Crippen LogP) is 4.09. The van der Waals surface area contributed by atoms with Gasteiger partial charge in [-0.1, -0.05) is 0 Å². The van der Waals surface area contributed by atoms with Crippen molar-refractivity contribution in [1.82, 2.24) is 0 Å². The molecular weight excluding hydrogens is 491 g/mol. The van der Waals surface area contributed by atoms with Gasteiger partial charge in [0.15, 0.2) is 0 Å². The van der Waals surface area contributed by atoms with Gasteiger partial charge in [0, 0.05) is 0 Å². The molecule has 172 valence electrons. The first-order chi connectivity index (χ1) is 15.7. The Morgan fingerprint density at radius 2 is 1.39 bits per heavy atom. The van der Waals surface area contributed by atoms with Gasteiger partial charge in [0.05, 0.1) is 0 Å². The maximum atomic E-state index is 12.9. The molecule has 1 saturated heterocycles. The second kappa shape index (κ2) is 9.59. The van der Waals surface area contributed by atoms with Gasteiger partial charge >= 0.3 is 205 Å². The summed E-state index contributed by atoms with van der Waals surface area (Å²) in [6, 6.07) is 31.5. The topological polar surface area (TPSA) is 35.5 Å². The minimum absolute atomic E-state index is 0.0114. The van der Waals surface area contributed by atoms with Gasteiger partial charge in [-0.15, -0.1) is 0 Å². The molecule has 5 heteroatoms. The van der Waals surface area contributed by atoms with Crippen molar-refractivity contribution in [2.45, 2.75) is 49.6 Å². The second-order valence-electron chi connectivity index (χ2n) is 9.85. The number of hydrogen-bond donors (Lipinski definition) is 0. The molecular formula is C28H32O3SeSi. The Labute approximate surface area is 204 Å². The Kier molecular flexibility index (Phi) is 6.97. The zero-order valence-corrected chi connectivity index (χ0v) is 22.5. The molecule has 0 bridgehead atoms. The van der Waals surface area contributed by atoms with Crippen LogP contribution in [-0.4, -0.2) is 42.0 Å². The molecule has 3 nitrogen and oxygen atoms in total. The van der Waals surface area contributed by atoms with Gasteiger partial charge in [0.25, 0.3) is 0 Å². The molecule has 0 radical (unpaired) electrons. The number of carbonyl (C=O) groups excluding carboxylic acids is 1. The molecule has 0 aliphatic carbocycles. The molecule has 0 spiro atoms. The number of esters is 1. The van der Waals surface area contributed by atoms with Crippen molar-refractivity contribution < 1.29 is 14.0 Å². The van der Waals surface area contributed by atoms with Crippen molar-refractivity contribution in [3.8, 4) is 0 Å². The molecule has 0 unspecified atom stereocenters. The van der Waals surface area contributed by atoms with Gasteiger partial charge < -0.3 is 0 Å². The fourth-order valence-electron chi connectivity index (χ4n) is 4.74. The van der Waals surface area contributed by atoms with Crippen molar-refractivity contribution >= 4 is 44.1 Å². The zero-order valence-electron chi connectivity index (χ0n) is 19.8. The van der Waals surface area contributed by atoms with Crippen LogP contribution in [0.15, 0.2) is 91.0 Å². The van der Waals surface area contributed by atoms with Crippen LogP contribution in [0, 0.1) is 0 Å². The molecule has 33 heavy (non-hydrogen) atoms. The van der Waals surface area contributed by atoms with E-state index in [1.807, 2.05) is 37.3 Å². The monoisotopic (exact) mass is 524 g/mol. The second-order valence-corrected chi connectivity index (χ2v) is 17.5. The Morgan fingerprint density at radius 3 is 1.88 bits per heavy atom. The standard InChI is InChI=1S/C28H32O3SeSi/c1-27(2,3)33(24-16-10-6-11-17-24,25-18-12-7-13-19-25)30-21-22-20-28(4,26(29)31-22)32-23-14-8-5-9-15-23/h5-19,22H,20-21H2,1-4H3/t22-,28+/m0/s1. The third kappa shape index (κ3) is 4.88. The summed E-state index contributed by atoms with van der Waals surface area (Å²) in [5, 5.41) is 2.38. The van der Waals surface area contributed by atoms with E-state index in [1.54, 1.807) is 0 Å². The van der Waals surface area contributed by atoms with Crippen LogP contribution in [0.1, 0.15) is 34.1 Å². The van der Waals surface area contributed by atoms with Gasteiger partial charge in [-0.2, -0.15) is 0 Å². The maximum absolute atomic E-state index is 12.9. The summed E-state index contributed by atoms with van der Waals surface area (Å²) in [6.07, 6.45) is 0.466. The van der Waals surface area contributed by atoms with Crippen molar-refractivity contribution in [3.63, 3.8) is 0 Å². The molecule has 0 aromatic heterocycles. The third-order valence-corrected chi connectivity index (χ3v) is 14.0. The van der Waals surface area contributed by atoms with Crippen LogP contribution in [-0.2, 0) is 14.0 Å². The predicted molar refractivity (Wildman–Crippen MR) is 138 cm³/mol. The molecule has 0 amide bonds. The average Bonchev–Trinajstić information content (AvgIpc) is 3.08.